The average Bonchev–Trinajstić information content (AvgIpc) is 3.01. The molecule has 0 amide bonds. The summed E-state index contributed by atoms with van der Waals surface area (Å²) in [6.45, 7) is 0. The Bertz CT molecular complexity index is 740. The van der Waals surface area contributed by atoms with E-state index in [0.717, 1.165) is 22.6 Å². The molecule has 0 aliphatic rings. The van der Waals surface area contributed by atoms with E-state index in [1.807, 2.05) is 19.2 Å². The number of methoxy groups -OCH3 is 1. The van der Waals surface area contributed by atoms with Crippen LogP contribution < -0.4 is 0 Å². The molecule has 19 heavy (non-hydrogen) atoms. The van der Waals surface area contributed by atoms with Crippen molar-refractivity contribution in [1.29, 1.82) is 0 Å². The number of carbonyl (C=O) groups is 1. The number of H-pyrrole nitrogens is 1. The lowest BCUT2D eigenvalue weighted by molar-refractivity contribution is 0.0601. The molecule has 6 heteroatoms. The summed E-state index contributed by atoms with van der Waals surface area (Å²) in [5, 5.41) is 4.10. The van der Waals surface area contributed by atoms with Crippen molar-refractivity contribution in [3.63, 3.8) is 0 Å². The third kappa shape index (κ3) is 1.87. The molecular weight excluding hydrogens is 244 g/mol. The number of hydrogen-bond donors (Lipinski definition) is 1. The Kier molecular flexibility index (Phi) is 2.56. The zero-order valence-electron chi connectivity index (χ0n) is 10.5. The van der Waals surface area contributed by atoms with Crippen LogP contribution in [0.3, 0.4) is 0 Å². The van der Waals surface area contributed by atoms with Gasteiger partial charge in [0.25, 0.3) is 0 Å². The fourth-order valence-corrected chi connectivity index (χ4v) is 1.93. The van der Waals surface area contributed by atoms with Crippen molar-refractivity contribution in [3.8, 4) is 11.4 Å². The third-order valence-corrected chi connectivity index (χ3v) is 2.96. The van der Waals surface area contributed by atoms with Gasteiger partial charge in [-0.25, -0.2) is 14.5 Å². The van der Waals surface area contributed by atoms with Crippen LogP contribution in [0.25, 0.3) is 22.6 Å². The first-order chi connectivity index (χ1) is 9.19. The molecular formula is C13H12N4O2. The predicted octanol–water partition coefficient (Wildman–Crippen LogP) is 1.75. The molecule has 0 saturated carbocycles. The van der Waals surface area contributed by atoms with Gasteiger partial charge in [0.2, 0.25) is 0 Å². The number of aromatic amines is 1. The number of nitrogens with zero attached hydrogens (tertiary/aromatic N) is 3. The number of aromatic nitrogens is 4. The maximum atomic E-state index is 11.3. The van der Waals surface area contributed by atoms with Crippen molar-refractivity contribution in [3.05, 3.63) is 36.0 Å². The van der Waals surface area contributed by atoms with Gasteiger partial charge in [-0.05, 0) is 12.1 Å². The molecule has 0 saturated heterocycles. The van der Waals surface area contributed by atoms with Crippen LogP contribution >= 0.6 is 0 Å². The molecule has 0 spiro atoms. The van der Waals surface area contributed by atoms with E-state index in [-0.39, 0.29) is 5.97 Å². The molecule has 0 bridgehead atoms. The highest BCUT2D eigenvalue weighted by Gasteiger charge is 2.10. The van der Waals surface area contributed by atoms with E-state index in [4.69, 9.17) is 0 Å². The summed E-state index contributed by atoms with van der Waals surface area (Å²) in [7, 11) is 3.20. The minimum Gasteiger partial charge on any atom is -0.465 e. The van der Waals surface area contributed by atoms with Crippen LogP contribution in [0.15, 0.2) is 30.5 Å². The van der Waals surface area contributed by atoms with E-state index in [1.54, 1.807) is 23.0 Å². The van der Waals surface area contributed by atoms with Gasteiger partial charge in [-0.3, -0.25) is 0 Å². The van der Waals surface area contributed by atoms with E-state index >= 15 is 0 Å². The van der Waals surface area contributed by atoms with Crippen molar-refractivity contribution in [2.75, 3.05) is 7.11 Å². The lowest BCUT2D eigenvalue weighted by Gasteiger charge is -2.00. The molecule has 6 nitrogen and oxygen atoms in total. The monoisotopic (exact) mass is 256 g/mol. The standard InChI is InChI=1S/C13H12N4O2/c1-17-12-10(7-14-17)15-11(16-12)8-3-5-9(6-4-8)13(18)19-2/h3-7H,1-2H3,(H,15,16). The van der Waals surface area contributed by atoms with Gasteiger partial charge in [0.15, 0.2) is 5.65 Å². The van der Waals surface area contributed by atoms with Crippen LogP contribution in [-0.2, 0) is 11.8 Å². The summed E-state index contributed by atoms with van der Waals surface area (Å²) in [5.74, 6) is 0.403. The highest BCUT2D eigenvalue weighted by molar-refractivity contribution is 5.90. The van der Waals surface area contributed by atoms with Gasteiger partial charge in [0.05, 0.1) is 18.9 Å². The smallest absolute Gasteiger partial charge is 0.337 e. The van der Waals surface area contributed by atoms with E-state index in [0.29, 0.717) is 5.56 Å². The van der Waals surface area contributed by atoms with Crippen molar-refractivity contribution in [1.82, 2.24) is 19.7 Å². The van der Waals surface area contributed by atoms with Gasteiger partial charge in [0, 0.05) is 12.6 Å². The Morgan fingerprint density at radius 1 is 1.32 bits per heavy atom. The molecule has 0 aliphatic carbocycles. The molecule has 2 heterocycles. The number of carbonyl (C=O) groups excluding carboxylic acids is 1. The summed E-state index contributed by atoms with van der Waals surface area (Å²) in [6, 6.07) is 7.09. The Hall–Kier alpha value is -2.63. The van der Waals surface area contributed by atoms with Gasteiger partial charge in [-0.1, -0.05) is 12.1 Å². The first-order valence-corrected chi connectivity index (χ1v) is 5.75. The van der Waals surface area contributed by atoms with E-state index in [2.05, 4.69) is 19.8 Å². The van der Waals surface area contributed by atoms with Gasteiger partial charge in [-0.15, -0.1) is 0 Å². The number of benzene rings is 1. The lowest BCUT2D eigenvalue weighted by Crippen LogP contribution is -2.00. The molecule has 1 N–H and O–H groups in total. The first-order valence-electron chi connectivity index (χ1n) is 5.75. The maximum absolute atomic E-state index is 11.3. The highest BCUT2D eigenvalue weighted by atomic mass is 16.5. The number of nitrogens with one attached hydrogen (secondary N) is 1. The first kappa shape index (κ1) is 11.5. The van der Waals surface area contributed by atoms with Crippen LogP contribution in [0.5, 0.6) is 0 Å². The van der Waals surface area contributed by atoms with E-state index < -0.39 is 0 Å². The average molecular weight is 256 g/mol. The molecule has 0 fully saturated rings. The minimum absolute atomic E-state index is 0.347. The molecule has 3 aromatic rings. The molecule has 0 unspecified atom stereocenters. The Labute approximate surface area is 109 Å². The number of hydrogen-bond acceptors (Lipinski definition) is 4. The van der Waals surface area contributed by atoms with Crippen molar-refractivity contribution in [2.24, 2.45) is 7.05 Å². The normalized spacial score (nSPS) is 10.8. The summed E-state index contributed by atoms with van der Waals surface area (Å²) < 4.78 is 6.37. The molecule has 96 valence electrons. The SMILES string of the molecule is COC(=O)c1ccc(-c2nc3c(cnn3C)[nH]2)cc1. The van der Waals surface area contributed by atoms with Gasteiger partial charge >= 0.3 is 5.97 Å². The molecule has 3 rings (SSSR count). The highest BCUT2D eigenvalue weighted by Crippen LogP contribution is 2.20. The predicted molar refractivity (Wildman–Crippen MR) is 69.6 cm³/mol. The van der Waals surface area contributed by atoms with Crippen molar-refractivity contribution < 1.29 is 9.53 Å². The Morgan fingerprint density at radius 2 is 2.05 bits per heavy atom. The Balaban J connectivity index is 1.99. The second-order valence-electron chi connectivity index (χ2n) is 4.16. The number of aryl methyl sites for hydroxylation is 1. The van der Waals surface area contributed by atoms with Crippen LogP contribution in [0.1, 0.15) is 10.4 Å². The number of rotatable bonds is 2. The summed E-state index contributed by atoms with van der Waals surface area (Å²) >= 11 is 0. The van der Waals surface area contributed by atoms with Gasteiger partial charge < -0.3 is 9.72 Å². The second kappa shape index (κ2) is 4.24. The van der Waals surface area contributed by atoms with Crippen LogP contribution in [0.2, 0.25) is 0 Å². The van der Waals surface area contributed by atoms with Gasteiger partial charge in [0.1, 0.15) is 11.3 Å². The Morgan fingerprint density at radius 3 is 2.68 bits per heavy atom. The molecule has 2 aromatic heterocycles. The molecule has 0 radical (unpaired) electrons. The minimum atomic E-state index is -0.347. The van der Waals surface area contributed by atoms with Gasteiger partial charge in [-0.2, -0.15) is 5.10 Å². The topological polar surface area (TPSA) is 72.8 Å². The molecule has 1 aromatic carbocycles. The largest absolute Gasteiger partial charge is 0.465 e. The van der Waals surface area contributed by atoms with Crippen LogP contribution in [-0.4, -0.2) is 32.8 Å². The number of ether oxygens (including phenoxy) is 1. The summed E-state index contributed by atoms with van der Waals surface area (Å²) in [4.78, 5) is 19.0. The number of imidazole rings is 1. The third-order valence-electron chi connectivity index (χ3n) is 2.96. The maximum Gasteiger partial charge on any atom is 0.337 e. The van der Waals surface area contributed by atoms with Crippen LogP contribution in [0.4, 0.5) is 0 Å². The fourth-order valence-electron chi connectivity index (χ4n) is 1.93. The second-order valence-corrected chi connectivity index (χ2v) is 4.16. The quantitative estimate of drug-likeness (QED) is 0.709. The molecule has 0 aliphatic heterocycles. The van der Waals surface area contributed by atoms with E-state index in [1.165, 1.54) is 7.11 Å². The van der Waals surface area contributed by atoms with Crippen LogP contribution in [0, 0.1) is 0 Å². The summed E-state index contributed by atoms with van der Waals surface area (Å²) in [6.07, 6.45) is 1.73. The molecule has 0 atom stereocenters. The van der Waals surface area contributed by atoms with E-state index in [9.17, 15) is 4.79 Å². The zero-order valence-corrected chi connectivity index (χ0v) is 10.5. The number of esters is 1. The zero-order chi connectivity index (χ0) is 13.4. The van der Waals surface area contributed by atoms with Crippen molar-refractivity contribution >= 4 is 17.1 Å². The fraction of sp³-hybridized carbons (Fsp3) is 0.154. The van der Waals surface area contributed by atoms with Crippen molar-refractivity contribution in [2.45, 2.75) is 0 Å². The summed E-state index contributed by atoms with van der Waals surface area (Å²) in [5.41, 5.74) is 3.11. The lowest BCUT2D eigenvalue weighted by atomic mass is 10.1. The number of fused-ring (bicyclic) bond motifs is 1.